The molecule has 1 atom stereocenters. The molecule has 7 nitrogen and oxygen atoms in total. The predicted octanol–water partition coefficient (Wildman–Crippen LogP) is 2.86. The highest BCUT2D eigenvalue weighted by Crippen LogP contribution is 2.15. The van der Waals surface area contributed by atoms with Crippen molar-refractivity contribution < 1.29 is 9.53 Å². The van der Waals surface area contributed by atoms with E-state index >= 15 is 0 Å². The summed E-state index contributed by atoms with van der Waals surface area (Å²) in [5.41, 5.74) is 0.743. The first kappa shape index (κ1) is 23.7. The number of aliphatic imine (C=N–C) groups is 1. The van der Waals surface area contributed by atoms with Gasteiger partial charge in [0.05, 0.1) is 19.2 Å². The number of nitrogens with zero attached hydrogens (tertiary/aromatic N) is 2. The molecule has 0 aromatic carbocycles. The molecular weight excluding hydrogens is 354 g/mol. The monoisotopic (exact) mass is 391 g/mol. The van der Waals surface area contributed by atoms with Crippen LogP contribution in [0.1, 0.15) is 60.5 Å². The highest BCUT2D eigenvalue weighted by atomic mass is 16.5. The molecule has 1 heterocycles. The largest absolute Gasteiger partial charge is 0.475 e. The predicted molar refractivity (Wildman–Crippen MR) is 114 cm³/mol. The molecule has 7 heteroatoms. The Kier molecular flexibility index (Phi) is 9.76. The lowest BCUT2D eigenvalue weighted by molar-refractivity contribution is -0.121. The first-order chi connectivity index (χ1) is 13.1. The molecule has 1 aromatic rings. The maximum absolute atomic E-state index is 12.0. The van der Waals surface area contributed by atoms with Crippen molar-refractivity contribution in [2.45, 2.75) is 73.1 Å². The van der Waals surface area contributed by atoms with Crippen molar-refractivity contribution in [3.63, 3.8) is 0 Å². The first-order valence-corrected chi connectivity index (χ1v) is 10.0. The van der Waals surface area contributed by atoms with Gasteiger partial charge in [-0.3, -0.25) is 4.79 Å². The summed E-state index contributed by atoms with van der Waals surface area (Å²) in [5, 5.41) is 9.13. The number of nitrogens with one attached hydrogen (secondary N) is 3. The summed E-state index contributed by atoms with van der Waals surface area (Å²) in [5.74, 6) is 1.71. The zero-order valence-corrected chi connectivity index (χ0v) is 18.4. The summed E-state index contributed by atoms with van der Waals surface area (Å²) in [6, 6.07) is 3.83. The molecule has 0 spiro atoms. The van der Waals surface area contributed by atoms with Crippen LogP contribution in [0, 0.1) is 5.92 Å². The molecule has 0 saturated carbocycles. The minimum absolute atomic E-state index is 0.0724. The van der Waals surface area contributed by atoms with E-state index in [1.165, 1.54) is 0 Å². The van der Waals surface area contributed by atoms with E-state index in [-0.39, 0.29) is 24.1 Å². The Morgan fingerprint density at radius 2 is 1.96 bits per heavy atom. The van der Waals surface area contributed by atoms with Crippen molar-refractivity contribution in [3.8, 4) is 5.88 Å². The SMILES string of the molecule is CCNC(=NCc1ccnc(OC(C)CC(C)C)c1)NCC(=O)NC(C)(C)C. The summed E-state index contributed by atoms with van der Waals surface area (Å²) < 4.78 is 5.90. The zero-order chi connectivity index (χ0) is 21.2. The van der Waals surface area contributed by atoms with Crippen molar-refractivity contribution in [1.29, 1.82) is 0 Å². The first-order valence-electron chi connectivity index (χ1n) is 10.0. The third-order valence-electron chi connectivity index (χ3n) is 3.62. The van der Waals surface area contributed by atoms with Crippen LogP contribution in [0.15, 0.2) is 23.3 Å². The number of amides is 1. The molecule has 0 aliphatic carbocycles. The number of aromatic nitrogens is 1. The maximum atomic E-state index is 12.0. The minimum Gasteiger partial charge on any atom is -0.475 e. The van der Waals surface area contributed by atoms with Crippen molar-refractivity contribution in [3.05, 3.63) is 23.9 Å². The second-order valence-electron chi connectivity index (χ2n) is 8.41. The van der Waals surface area contributed by atoms with Gasteiger partial charge < -0.3 is 20.7 Å². The third-order valence-corrected chi connectivity index (χ3v) is 3.62. The summed E-state index contributed by atoms with van der Waals surface area (Å²) in [4.78, 5) is 20.8. The molecule has 1 rings (SSSR count). The third kappa shape index (κ3) is 10.7. The lowest BCUT2D eigenvalue weighted by Crippen LogP contribution is -2.48. The minimum atomic E-state index is -0.256. The molecule has 0 radical (unpaired) electrons. The fourth-order valence-electron chi connectivity index (χ4n) is 2.67. The Bertz CT molecular complexity index is 638. The molecule has 0 aliphatic heterocycles. The zero-order valence-electron chi connectivity index (χ0n) is 18.4. The van der Waals surface area contributed by atoms with Crippen LogP contribution in [0.5, 0.6) is 5.88 Å². The van der Waals surface area contributed by atoms with Gasteiger partial charge in [0.25, 0.3) is 0 Å². The molecule has 28 heavy (non-hydrogen) atoms. The van der Waals surface area contributed by atoms with Gasteiger partial charge in [0.2, 0.25) is 11.8 Å². The van der Waals surface area contributed by atoms with E-state index in [1.54, 1.807) is 6.20 Å². The number of carbonyl (C=O) groups is 1. The molecular formula is C21H37N5O2. The van der Waals surface area contributed by atoms with Crippen LogP contribution in [-0.2, 0) is 11.3 Å². The van der Waals surface area contributed by atoms with Crippen molar-refractivity contribution >= 4 is 11.9 Å². The normalized spacial score (nSPS) is 13.2. The number of hydrogen-bond donors (Lipinski definition) is 3. The van der Waals surface area contributed by atoms with Crippen LogP contribution in [0.25, 0.3) is 0 Å². The van der Waals surface area contributed by atoms with Crippen LogP contribution < -0.4 is 20.7 Å². The number of rotatable bonds is 9. The fraction of sp³-hybridized carbons (Fsp3) is 0.667. The van der Waals surface area contributed by atoms with E-state index in [1.807, 2.05) is 39.8 Å². The topological polar surface area (TPSA) is 87.6 Å². The van der Waals surface area contributed by atoms with E-state index < -0.39 is 0 Å². The highest BCUT2D eigenvalue weighted by Gasteiger charge is 2.13. The Labute approximate surface area is 169 Å². The molecule has 0 saturated heterocycles. The van der Waals surface area contributed by atoms with Gasteiger partial charge in [-0.2, -0.15) is 0 Å². The second kappa shape index (κ2) is 11.5. The Morgan fingerprint density at radius 3 is 2.57 bits per heavy atom. The molecule has 1 amide bonds. The quantitative estimate of drug-likeness (QED) is 0.445. The smallest absolute Gasteiger partial charge is 0.239 e. The molecule has 1 unspecified atom stereocenters. The van der Waals surface area contributed by atoms with Crippen LogP contribution in [-0.4, -0.2) is 41.6 Å². The summed E-state index contributed by atoms with van der Waals surface area (Å²) >= 11 is 0. The van der Waals surface area contributed by atoms with Crippen LogP contribution in [0.3, 0.4) is 0 Å². The number of pyridine rings is 1. The molecule has 1 aromatic heterocycles. The average Bonchev–Trinajstić information content (AvgIpc) is 2.55. The van der Waals surface area contributed by atoms with E-state index in [0.29, 0.717) is 30.8 Å². The highest BCUT2D eigenvalue weighted by molar-refractivity contribution is 5.86. The maximum Gasteiger partial charge on any atom is 0.239 e. The number of guanidine groups is 1. The number of ether oxygens (including phenoxy) is 1. The van der Waals surface area contributed by atoms with E-state index in [2.05, 4.69) is 46.7 Å². The van der Waals surface area contributed by atoms with Crippen molar-refractivity contribution in [2.24, 2.45) is 10.9 Å². The summed E-state index contributed by atoms with van der Waals surface area (Å²) in [6.45, 7) is 15.6. The van der Waals surface area contributed by atoms with Crippen LogP contribution in [0.4, 0.5) is 0 Å². The van der Waals surface area contributed by atoms with E-state index in [0.717, 1.165) is 12.0 Å². The molecule has 3 N–H and O–H groups in total. The van der Waals surface area contributed by atoms with Gasteiger partial charge in [-0.1, -0.05) is 13.8 Å². The standard InChI is InChI=1S/C21H37N5O2/c1-8-22-20(25-14-18(27)26-21(5,6)7)24-13-17-9-10-23-19(12-17)28-16(4)11-15(2)3/h9-10,12,15-16H,8,11,13-14H2,1-7H3,(H,26,27)(H2,22,24,25). The molecule has 0 fully saturated rings. The number of carbonyl (C=O) groups excluding carboxylic acids is 1. The van der Waals surface area contributed by atoms with Gasteiger partial charge >= 0.3 is 0 Å². The Balaban J connectivity index is 2.66. The number of hydrogen-bond acceptors (Lipinski definition) is 4. The van der Waals surface area contributed by atoms with Gasteiger partial charge in [0.15, 0.2) is 5.96 Å². The van der Waals surface area contributed by atoms with Crippen molar-refractivity contribution in [1.82, 2.24) is 20.9 Å². The van der Waals surface area contributed by atoms with Crippen molar-refractivity contribution in [2.75, 3.05) is 13.1 Å². The van der Waals surface area contributed by atoms with Gasteiger partial charge in [0, 0.05) is 24.3 Å². The lowest BCUT2D eigenvalue weighted by atomic mass is 10.1. The molecule has 0 bridgehead atoms. The molecule has 0 aliphatic rings. The average molecular weight is 392 g/mol. The van der Waals surface area contributed by atoms with Gasteiger partial charge in [0.1, 0.15) is 0 Å². The van der Waals surface area contributed by atoms with Gasteiger partial charge in [-0.05, 0) is 58.6 Å². The van der Waals surface area contributed by atoms with Gasteiger partial charge in [-0.15, -0.1) is 0 Å². The fourth-order valence-corrected chi connectivity index (χ4v) is 2.67. The van der Waals surface area contributed by atoms with Crippen LogP contribution in [0.2, 0.25) is 0 Å². The van der Waals surface area contributed by atoms with E-state index in [4.69, 9.17) is 4.74 Å². The van der Waals surface area contributed by atoms with Gasteiger partial charge in [-0.25, -0.2) is 9.98 Å². The van der Waals surface area contributed by atoms with E-state index in [9.17, 15) is 4.79 Å². The molecule has 158 valence electrons. The summed E-state index contributed by atoms with van der Waals surface area (Å²) in [6.07, 6.45) is 2.83. The van der Waals surface area contributed by atoms with Crippen LogP contribution >= 0.6 is 0 Å². The Hall–Kier alpha value is -2.31. The second-order valence-corrected chi connectivity index (χ2v) is 8.41. The lowest BCUT2D eigenvalue weighted by Gasteiger charge is -2.21. The Morgan fingerprint density at radius 1 is 1.25 bits per heavy atom. The summed E-state index contributed by atoms with van der Waals surface area (Å²) in [7, 11) is 0.